The molecule has 0 aliphatic carbocycles. The summed E-state index contributed by atoms with van der Waals surface area (Å²) in [5.41, 5.74) is 1.05. The molecular formula is C15H11F2N3O2. The first kappa shape index (κ1) is 12.9. The summed E-state index contributed by atoms with van der Waals surface area (Å²) in [6.07, 6.45) is 0. The maximum absolute atomic E-state index is 13.7. The van der Waals surface area contributed by atoms with Crippen molar-refractivity contribution in [2.75, 3.05) is 18.5 Å². The van der Waals surface area contributed by atoms with Crippen molar-refractivity contribution >= 4 is 22.7 Å². The monoisotopic (exact) mass is 303 g/mol. The number of hydrogen-bond donors (Lipinski definition) is 2. The summed E-state index contributed by atoms with van der Waals surface area (Å²) in [5, 5.41) is 2.62. The predicted octanol–water partition coefficient (Wildman–Crippen LogP) is 3.36. The van der Waals surface area contributed by atoms with Crippen molar-refractivity contribution in [3.63, 3.8) is 0 Å². The molecule has 0 fully saturated rings. The highest BCUT2D eigenvalue weighted by Gasteiger charge is 2.16. The number of fused-ring (bicyclic) bond motifs is 2. The maximum atomic E-state index is 13.7. The van der Waals surface area contributed by atoms with Gasteiger partial charge in [0.15, 0.2) is 11.5 Å². The number of ether oxygens (including phenoxy) is 2. The maximum Gasteiger partial charge on any atom is 0.205 e. The van der Waals surface area contributed by atoms with Crippen molar-refractivity contribution in [3.8, 4) is 11.5 Å². The third-order valence-electron chi connectivity index (χ3n) is 3.35. The van der Waals surface area contributed by atoms with Crippen molar-refractivity contribution in [3.05, 3.63) is 42.0 Å². The number of nitrogens with zero attached hydrogens (tertiary/aromatic N) is 1. The number of nitrogens with one attached hydrogen (secondary N) is 2. The van der Waals surface area contributed by atoms with Gasteiger partial charge in [-0.2, -0.15) is 0 Å². The Morgan fingerprint density at radius 2 is 1.73 bits per heavy atom. The van der Waals surface area contributed by atoms with Gasteiger partial charge < -0.3 is 19.8 Å². The molecule has 0 atom stereocenters. The lowest BCUT2D eigenvalue weighted by molar-refractivity contribution is 0.172. The van der Waals surface area contributed by atoms with Crippen LogP contribution < -0.4 is 14.8 Å². The molecule has 2 aromatic carbocycles. The number of benzene rings is 2. The lowest BCUT2D eigenvalue weighted by Crippen LogP contribution is -2.15. The van der Waals surface area contributed by atoms with Crippen molar-refractivity contribution in [1.29, 1.82) is 0 Å². The van der Waals surface area contributed by atoms with Gasteiger partial charge in [-0.15, -0.1) is 0 Å². The summed E-state index contributed by atoms with van der Waals surface area (Å²) in [6.45, 7) is 0.965. The van der Waals surface area contributed by atoms with Crippen LogP contribution in [-0.2, 0) is 0 Å². The van der Waals surface area contributed by atoms with Crippen LogP contribution >= 0.6 is 0 Å². The van der Waals surface area contributed by atoms with E-state index in [0.717, 1.165) is 0 Å². The zero-order chi connectivity index (χ0) is 15.1. The van der Waals surface area contributed by atoms with Crippen LogP contribution in [0.1, 0.15) is 0 Å². The number of anilines is 2. The SMILES string of the molecule is Fc1cccc(F)c1Nc1nc2cc3c(cc2[nH]1)OCCO3. The summed E-state index contributed by atoms with van der Waals surface area (Å²) in [7, 11) is 0. The largest absolute Gasteiger partial charge is 0.486 e. The van der Waals surface area contributed by atoms with Gasteiger partial charge >= 0.3 is 0 Å². The van der Waals surface area contributed by atoms with E-state index in [1.54, 1.807) is 12.1 Å². The standard InChI is InChI=1S/C15H11F2N3O2/c16-8-2-1-3-9(17)14(8)20-15-18-10-6-12-13(7-11(10)19-15)22-5-4-21-12/h1-3,6-7H,4-5H2,(H2,18,19,20). The van der Waals surface area contributed by atoms with Crippen LogP contribution in [0.2, 0.25) is 0 Å². The second kappa shape index (κ2) is 4.87. The molecule has 3 aromatic rings. The number of imidazole rings is 1. The lowest BCUT2D eigenvalue weighted by atomic mass is 10.2. The Labute approximate surface area is 123 Å². The van der Waals surface area contributed by atoms with Crippen LogP contribution in [0.4, 0.5) is 20.4 Å². The van der Waals surface area contributed by atoms with Crippen molar-refractivity contribution in [2.45, 2.75) is 0 Å². The number of para-hydroxylation sites is 1. The van der Waals surface area contributed by atoms with Crippen molar-refractivity contribution in [2.24, 2.45) is 0 Å². The molecule has 112 valence electrons. The van der Waals surface area contributed by atoms with Crippen molar-refractivity contribution < 1.29 is 18.3 Å². The van der Waals surface area contributed by atoms with Gasteiger partial charge in [0.2, 0.25) is 5.95 Å². The molecule has 1 aromatic heterocycles. The smallest absolute Gasteiger partial charge is 0.205 e. The lowest BCUT2D eigenvalue weighted by Gasteiger charge is -2.17. The quantitative estimate of drug-likeness (QED) is 0.762. The van der Waals surface area contributed by atoms with E-state index < -0.39 is 11.6 Å². The Morgan fingerprint density at radius 3 is 2.45 bits per heavy atom. The normalized spacial score (nSPS) is 13.4. The first-order valence-corrected chi connectivity index (χ1v) is 6.71. The number of H-pyrrole nitrogens is 1. The Morgan fingerprint density at radius 1 is 1.05 bits per heavy atom. The highest BCUT2D eigenvalue weighted by molar-refractivity contribution is 5.82. The molecule has 0 amide bonds. The highest BCUT2D eigenvalue weighted by atomic mass is 19.1. The Kier molecular flexibility index (Phi) is 2.85. The average Bonchev–Trinajstić information content (AvgIpc) is 2.90. The minimum Gasteiger partial charge on any atom is -0.486 e. The molecule has 5 nitrogen and oxygen atoms in total. The van der Waals surface area contributed by atoms with Crippen LogP contribution in [0, 0.1) is 11.6 Å². The van der Waals surface area contributed by atoms with Crippen LogP contribution in [0.25, 0.3) is 11.0 Å². The predicted molar refractivity (Wildman–Crippen MR) is 76.7 cm³/mol. The average molecular weight is 303 g/mol. The number of aromatic nitrogens is 2. The molecule has 1 aliphatic heterocycles. The molecule has 0 radical (unpaired) electrons. The van der Waals surface area contributed by atoms with E-state index in [1.165, 1.54) is 18.2 Å². The van der Waals surface area contributed by atoms with Gasteiger partial charge in [-0.05, 0) is 12.1 Å². The van der Waals surface area contributed by atoms with Gasteiger partial charge in [0.05, 0.1) is 11.0 Å². The third-order valence-corrected chi connectivity index (χ3v) is 3.35. The fourth-order valence-electron chi connectivity index (χ4n) is 2.34. The molecule has 0 spiro atoms. The summed E-state index contributed by atoms with van der Waals surface area (Å²) in [6, 6.07) is 7.13. The third kappa shape index (κ3) is 2.11. The first-order valence-electron chi connectivity index (χ1n) is 6.71. The molecular weight excluding hydrogens is 292 g/mol. The summed E-state index contributed by atoms with van der Waals surface area (Å²) >= 11 is 0. The molecule has 2 N–H and O–H groups in total. The first-order chi connectivity index (χ1) is 10.7. The van der Waals surface area contributed by atoms with Crippen LogP contribution in [0.15, 0.2) is 30.3 Å². The molecule has 0 saturated carbocycles. The Balaban J connectivity index is 1.74. The minimum absolute atomic E-state index is 0.237. The summed E-state index contributed by atoms with van der Waals surface area (Å²) in [4.78, 5) is 7.22. The molecule has 4 rings (SSSR count). The Hall–Kier alpha value is -2.83. The summed E-state index contributed by atoms with van der Waals surface area (Å²) in [5.74, 6) is 0.0825. The van der Waals surface area contributed by atoms with Gasteiger partial charge in [0.25, 0.3) is 0 Å². The topological polar surface area (TPSA) is 59.2 Å². The van der Waals surface area contributed by atoms with E-state index in [-0.39, 0.29) is 11.6 Å². The van der Waals surface area contributed by atoms with Gasteiger partial charge in [-0.1, -0.05) is 6.07 Å². The number of hydrogen-bond acceptors (Lipinski definition) is 4. The molecule has 2 heterocycles. The number of rotatable bonds is 2. The van der Waals surface area contributed by atoms with Gasteiger partial charge in [-0.25, -0.2) is 13.8 Å². The van der Waals surface area contributed by atoms with Crippen LogP contribution in [-0.4, -0.2) is 23.2 Å². The molecule has 7 heteroatoms. The molecule has 22 heavy (non-hydrogen) atoms. The fourth-order valence-corrected chi connectivity index (χ4v) is 2.34. The summed E-state index contributed by atoms with van der Waals surface area (Å²) < 4.78 is 38.3. The van der Waals surface area contributed by atoms with Gasteiger partial charge in [0, 0.05) is 12.1 Å². The number of halogens is 2. The second-order valence-corrected chi connectivity index (χ2v) is 4.82. The van der Waals surface area contributed by atoms with Crippen LogP contribution in [0.5, 0.6) is 11.5 Å². The molecule has 0 bridgehead atoms. The zero-order valence-electron chi connectivity index (χ0n) is 11.3. The van der Waals surface area contributed by atoms with Gasteiger partial charge in [-0.3, -0.25) is 0 Å². The van der Waals surface area contributed by atoms with E-state index in [0.29, 0.717) is 35.7 Å². The molecule has 0 unspecified atom stereocenters. The van der Waals surface area contributed by atoms with Crippen molar-refractivity contribution in [1.82, 2.24) is 9.97 Å². The van der Waals surface area contributed by atoms with Gasteiger partial charge in [0.1, 0.15) is 30.5 Å². The van der Waals surface area contributed by atoms with E-state index >= 15 is 0 Å². The van der Waals surface area contributed by atoms with E-state index in [2.05, 4.69) is 15.3 Å². The fraction of sp³-hybridized carbons (Fsp3) is 0.133. The zero-order valence-corrected chi connectivity index (χ0v) is 11.3. The van der Waals surface area contributed by atoms with E-state index in [4.69, 9.17) is 9.47 Å². The van der Waals surface area contributed by atoms with E-state index in [9.17, 15) is 8.78 Å². The molecule has 0 saturated heterocycles. The molecule has 1 aliphatic rings. The Bertz CT molecular complexity index is 800. The number of aromatic amines is 1. The second-order valence-electron chi connectivity index (χ2n) is 4.82. The van der Waals surface area contributed by atoms with Crippen LogP contribution in [0.3, 0.4) is 0 Å². The highest BCUT2D eigenvalue weighted by Crippen LogP contribution is 2.34. The minimum atomic E-state index is -0.689. The van der Waals surface area contributed by atoms with E-state index in [1.807, 2.05) is 0 Å².